The predicted molar refractivity (Wildman–Crippen MR) is 65.6 cm³/mol. The first-order chi connectivity index (χ1) is 9.48. The molecular formula is C14H15F3N2O. The highest BCUT2D eigenvalue weighted by Crippen LogP contribution is 2.52. The zero-order valence-corrected chi connectivity index (χ0v) is 10.8. The van der Waals surface area contributed by atoms with E-state index in [0.29, 0.717) is 6.54 Å². The second-order valence-corrected chi connectivity index (χ2v) is 5.47. The first kappa shape index (κ1) is 13.4. The molecule has 1 unspecified atom stereocenters. The summed E-state index contributed by atoms with van der Waals surface area (Å²) in [6.07, 6.45) is 0.646. The number of pyridine rings is 1. The van der Waals surface area contributed by atoms with Gasteiger partial charge in [0.2, 0.25) is 5.91 Å². The number of hydrogen-bond donors (Lipinski definition) is 0. The van der Waals surface area contributed by atoms with Crippen LogP contribution in [0.25, 0.3) is 0 Å². The highest BCUT2D eigenvalue weighted by Gasteiger charge is 2.60. The molecule has 0 spiro atoms. The van der Waals surface area contributed by atoms with E-state index >= 15 is 0 Å². The van der Waals surface area contributed by atoms with E-state index in [1.54, 1.807) is 23.4 Å². The summed E-state index contributed by atoms with van der Waals surface area (Å²) in [4.78, 5) is 17.9. The second-order valence-electron chi connectivity index (χ2n) is 5.47. The predicted octanol–water partition coefficient (Wildman–Crippen LogP) is 2.94. The van der Waals surface area contributed by atoms with Gasteiger partial charge in [-0.2, -0.15) is 13.2 Å². The van der Waals surface area contributed by atoms with E-state index in [2.05, 4.69) is 4.98 Å². The molecular weight excluding hydrogens is 269 g/mol. The number of rotatable bonds is 2. The molecule has 1 aliphatic carbocycles. The summed E-state index contributed by atoms with van der Waals surface area (Å²) in [6.45, 7) is 0.541. The molecule has 3 rings (SSSR count). The average Bonchev–Trinajstić information content (AvgIpc) is 3.09. The zero-order valence-electron chi connectivity index (χ0n) is 10.8. The minimum Gasteiger partial charge on any atom is -0.335 e. The van der Waals surface area contributed by atoms with Gasteiger partial charge in [0, 0.05) is 18.9 Å². The van der Waals surface area contributed by atoms with Crippen LogP contribution in [0.3, 0.4) is 0 Å². The average molecular weight is 284 g/mol. The number of carbonyl (C=O) groups excluding carboxylic acids is 1. The van der Waals surface area contributed by atoms with Crippen LogP contribution in [-0.2, 0) is 4.79 Å². The Bertz CT molecular complexity index is 503. The summed E-state index contributed by atoms with van der Waals surface area (Å²) in [6, 6.07) is 3.54. The molecule has 2 aliphatic rings. The lowest BCUT2D eigenvalue weighted by molar-refractivity contribution is -0.157. The van der Waals surface area contributed by atoms with Gasteiger partial charge in [-0.05, 0) is 30.9 Å². The van der Waals surface area contributed by atoms with Crippen molar-refractivity contribution in [1.82, 2.24) is 9.88 Å². The van der Waals surface area contributed by atoms with E-state index in [4.69, 9.17) is 0 Å². The molecule has 20 heavy (non-hydrogen) atoms. The Morgan fingerprint density at radius 3 is 2.80 bits per heavy atom. The summed E-state index contributed by atoms with van der Waals surface area (Å²) < 4.78 is 37.7. The molecule has 1 amide bonds. The quantitative estimate of drug-likeness (QED) is 0.836. The largest absolute Gasteiger partial charge is 0.392 e. The van der Waals surface area contributed by atoms with Crippen molar-refractivity contribution >= 4 is 5.91 Å². The Balaban J connectivity index is 1.72. The van der Waals surface area contributed by atoms with Gasteiger partial charge in [0.1, 0.15) is 0 Å². The fourth-order valence-corrected chi connectivity index (χ4v) is 2.99. The molecule has 0 N–H and O–H groups in total. The van der Waals surface area contributed by atoms with E-state index in [-0.39, 0.29) is 18.4 Å². The Morgan fingerprint density at radius 1 is 1.40 bits per heavy atom. The summed E-state index contributed by atoms with van der Waals surface area (Å²) in [7, 11) is 0. The number of amides is 1. The maximum absolute atomic E-state index is 12.6. The Morgan fingerprint density at radius 2 is 2.20 bits per heavy atom. The standard InChI is InChI=1S/C14H15F3N2O/c15-14(16,17)11-7-10(11)13(20)19-6-2-4-12(19)9-3-1-5-18-8-9/h1,3,5,8,10-12H,2,4,6-7H2/t10-,11-,12?/m1/s1. The van der Waals surface area contributed by atoms with Gasteiger partial charge < -0.3 is 4.90 Å². The summed E-state index contributed by atoms with van der Waals surface area (Å²) in [5, 5.41) is 0. The molecule has 6 heteroatoms. The van der Waals surface area contributed by atoms with Crippen LogP contribution < -0.4 is 0 Å². The third-order valence-corrected chi connectivity index (χ3v) is 4.13. The minimum absolute atomic E-state index is 0.0570. The summed E-state index contributed by atoms with van der Waals surface area (Å²) in [5.41, 5.74) is 0.905. The van der Waals surface area contributed by atoms with Gasteiger partial charge >= 0.3 is 6.18 Å². The van der Waals surface area contributed by atoms with Gasteiger partial charge in [0.05, 0.1) is 17.9 Å². The number of aromatic nitrogens is 1. The molecule has 1 saturated heterocycles. The summed E-state index contributed by atoms with van der Waals surface area (Å²) in [5.74, 6) is -2.66. The number of alkyl halides is 3. The van der Waals surface area contributed by atoms with Crippen molar-refractivity contribution in [2.75, 3.05) is 6.54 Å². The number of hydrogen-bond acceptors (Lipinski definition) is 2. The molecule has 1 aromatic heterocycles. The van der Waals surface area contributed by atoms with Crippen molar-refractivity contribution in [3.8, 4) is 0 Å². The first-order valence-corrected chi connectivity index (χ1v) is 6.75. The molecule has 1 saturated carbocycles. The van der Waals surface area contributed by atoms with Crippen LogP contribution in [0.5, 0.6) is 0 Å². The molecule has 3 nitrogen and oxygen atoms in total. The Hall–Kier alpha value is -1.59. The van der Waals surface area contributed by atoms with E-state index in [1.165, 1.54) is 0 Å². The summed E-state index contributed by atoms with van der Waals surface area (Å²) >= 11 is 0. The van der Waals surface area contributed by atoms with Crippen LogP contribution in [-0.4, -0.2) is 28.5 Å². The maximum Gasteiger partial charge on any atom is 0.392 e. The van der Waals surface area contributed by atoms with Crippen molar-refractivity contribution in [2.24, 2.45) is 11.8 Å². The molecule has 1 aromatic rings. The number of likely N-dealkylation sites (tertiary alicyclic amines) is 1. The van der Waals surface area contributed by atoms with Gasteiger partial charge in [0.25, 0.3) is 0 Å². The van der Waals surface area contributed by atoms with Crippen molar-refractivity contribution in [2.45, 2.75) is 31.5 Å². The van der Waals surface area contributed by atoms with Crippen LogP contribution in [0.2, 0.25) is 0 Å². The topological polar surface area (TPSA) is 33.2 Å². The molecule has 1 aliphatic heterocycles. The van der Waals surface area contributed by atoms with Gasteiger partial charge in [-0.1, -0.05) is 6.07 Å². The van der Waals surface area contributed by atoms with Crippen LogP contribution in [0.4, 0.5) is 13.2 Å². The van der Waals surface area contributed by atoms with Gasteiger partial charge in [-0.25, -0.2) is 0 Å². The lowest BCUT2D eigenvalue weighted by atomic mass is 10.1. The molecule has 108 valence electrons. The van der Waals surface area contributed by atoms with E-state index in [1.807, 2.05) is 6.07 Å². The monoisotopic (exact) mass is 284 g/mol. The van der Waals surface area contributed by atoms with Crippen LogP contribution in [0.1, 0.15) is 30.9 Å². The van der Waals surface area contributed by atoms with Crippen LogP contribution in [0, 0.1) is 11.8 Å². The van der Waals surface area contributed by atoms with Crippen molar-refractivity contribution < 1.29 is 18.0 Å². The third-order valence-electron chi connectivity index (χ3n) is 4.13. The van der Waals surface area contributed by atoms with Gasteiger partial charge in [-0.3, -0.25) is 9.78 Å². The van der Waals surface area contributed by atoms with Gasteiger partial charge in [-0.15, -0.1) is 0 Å². The normalized spacial score (nSPS) is 29.6. The minimum atomic E-state index is -4.25. The Kier molecular flexibility index (Phi) is 3.18. The second kappa shape index (κ2) is 4.75. The third kappa shape index (κ3) is 2.39. The van der Waals surface area contributed by atoms with Crippen molar-refractivity contribution in [1.29, 1.82) is 0 Å². The molecule has 2 heterocycles. The maximum atomic E-state index is 12.6. The Labute approximate surface area is 114 Å². The van der Waals surface area contributed by atoms with Gasteiger partial charge in [0.15, 0.2) is 0 Å². The number of halogens is 3. The van der Waals surface area contributed by atoms with Crippen molar-refractivity contribution in [3.05, 3.63) is 30.1 Å². The van der Waals surface area contributed by atoms with Crippen LogP contribution >= 0.6 is 0 Å². The molecule has 3 atom stereocenters. The zero-order chi connectivity index (χ0) is 14.3. The fraction of sp³-hybridized carbons (Fsp3) is 0.571. The lowest BCUT2D eigenvalue weighted by Crippen LogP contribution is -2.33. The molecule has 0 bridgehead atoms. The van der Waals surface area contributed by atoms with Crippen LogP contribution in [0.15, 0.2) is 24.5 Å². The smallest absolute Gasteiger partial charge is 0.335 e. The molecule has 0 radical (unpaired) electrons. The lowest BCUT2D eigenvalue weighted by Gasteiger charge is -2.25. The fourth-order valence-electron chi connectivity index (χ4n) is 2.99. The molecule has 0 aromatic carbocycles. The first-order valence-electron chi connectivity index (χ1n) is 6.75. The molecule has 2 fully saturated rings. The van der Waals surface area contributed by atoms with E-state index in [9.17, 15) is 18.0 Å². The number of nitrogens with zero attached hydrogens (tertiary/aromatic N) is 2. The highest BCUT2D eigenvalue weighted by molar-refractivity contribution is 5.82. The number of carbonyl (C=O) groups is 1. The van der Waals surface area contributed by atoms with E-state index < -0.39 is 18.0 Å². The van der Waals surface area contributed by atoms with Crippen molar-refractivity contribution in [3.63, 3.8) is 0 Å². The highest BCUT2D eigenvalue weighted by atomic mass is 19.4. The SMILES string of the molecule is O=C([C@@H]1C[C@H]1C(F)(F)F)N1CCCC1c1cccnc1. The van der Waals surface area contributed by atoms with E-state index in [0.717, 1.165) is 18.4 Å².